The number of aromatic amines is 1. The van der Waals surface area contributed by atoms with Gasteiger partial charge in [0.25, 0.3) is 0 Å². The lowest BCUT2D eigenvalue weighted by molar-refractivity contribution is 0.557. The van der Waals surface area contributed by atoms with Crippen LogP contribution in [0.2, 0.25) is 0 Å². The van der Waals surface area contributed by atoms with Crippen molar-refractivity contribution in [3.63, 3.8) is 0 Å². The lowest BCUT2D eigenvalue weighted by atomic mass is 9.86. The molecule has 5 nitrogen and oxygen atoms in total. The van der Waals surface area contributed by atoms with Gasteiger partial charge in [0.2, 0.25) is 0 Å². The summed E-state index contributed by atoms with van der Waals surface area (Å²) in [6.07, 6.45) is 5.53. The summed E-state index contributed by atoms with van der Waals surface area (Å²) in [5, 5.41) is 6.34. The second kappa shape index (κ2) is 5.08. The molecule has 96 valence electrons. The summed E-state index contributed by atoms with van der Waals surface area (Å²) in [6.45, 7) is 5.21. The molecule has 0 atom stereocenters. The highest BCUT2D eigenvalue weighted by atomic mass is 15.1. The summed E-state index contributed by atoms with van der Waals surface area (Å²) < 4.78 is 0. The fraction of sp³-hybridized carbons (Fsp3) is 0.385. The van der Waals surface area contributed by atoms with Gasteiger partial charge in [-0.3, -0.25) is 0 Å². The molecule has 2 aromatic heterocycles. The normalized spacial score (nSPS) is 11.3. The number of anilines is 2. The molecule has 18 heavy (non-hydrogen) atoms. The van der Waals surface area contributed by atoms with Crippen molar-refractivity contribution >= 4 is 11.6 Å². The minimum Gasteiger partial charge on any atom is -0.373 e. The summed E-state index contributed by atoms with van der Waals surface area (Å²) >= 11 is 0. The zero-order valence-corrected chi connectivity index (χ0v) is 11.0. The van der Waals surface area contributed by atoms with E-state index < -0.39 is 0 Å². The molecular weight excluding hydrogens is 226 g/mol. The van der Waals surface area contributed by atoms with Crippen molar-refractivity contribution in [2.24, 2.45) is 0 Å². The average molecular weight is 245 g/mol. The van der Waals surface area contributed by atoms with Gasteiger partial charge in [0.05, 0.1) is 0 Å². The fourth-order valence-electron chi connectivity index (χ4n) is 1.75. The highest BCUT2D eigenvalue weighted by Gasteiger charge is 2.20. The molecule has 0 saturated carbocycles. The van der Waals surface area contributed by atoms with Gasteiger partial charge in [0.15, 0.2) is 0 Å². The molecule has 0 aliphatic heterocycles. The maximum absolute atomic E-state index is 4.20. The molecule has 0 saturated heterocycles. The molecule has 5 heteroatoms. The van der Waals surface area contributed by atoms with Crippen LogP contribution in [0.4, 0.5) is 11.6 Å². The predicted octanol–water partition coefficient (Wildman–Crippen LogP) is 2.24. The molecule has 0 fully saturated rings. The Kier molecular flexibility index (Phi) is 3.50. The fourth-order valence-corrected chi connectivity index (χ4v) is 1.75. The van der Waals surface area contributed by atoms with E-state index in [1.807, 2.05) is 25.5 Å². The van der Waals surface area contributed by atoms with Gasteiger partial charge < -0.3 is 15.6 Å². The van der Waals surface area contributed by atoms with Gasteiger partial charge in [-0.25, -0.2) is 9.97 Å². The van der Waals surface area contributed by atoms with Crippen LogP contribution in [0.15, 0.2) is 30.9 Å². The molecule has 0 amide bonds. The summed E-state index contributed by atoms with van der Waals surface area (Å²) in [5.74, 6) is 1.64. The number of aromatic nitrogens is 3. The molecule has 0 spiro atoms. The van der Waals surface area contributed by atoms with E-state index in [0.717, 1.165) is 18.2 Å². The van der Waals surface area contributed by atoms with Crippen LogP contribution < -0.4 is 10.6 Å². The van der Waals surface area contributed by atoms with Crippen LogP contribution in [0.25, 0.3) is 0 Å². The van der Waals surface area contributed by atoms with E-state index in [1.54, 1.807) is 6.33 Å². The molecule has 0 radical (unpaired) electrons. The largest absolute Gasteiger partial charge is 0.373 e. The van der Waals surface area contributed by atoms with Gasteiger partial charge >= 0.3 is 0 Å². The first kappa shape index (κ1) is 12.4. The minimum absolute atomic E-state index is 0.0464. The molecule has 0 bridgehead atoms. The molecule has 0 unspecified atom stereocenters. The Hall–Kier alpha value is -2.04. The van der Waals surface area contributed by atoms with E-state index in [1.165, 1.54) is 5.56 Å². The molecule has 3 N–H and O–H groups in total. The number of hydrogen-bond donors (Lipinski definition) is 3. The van der Waals surface area contributed by atoms with Crippen molar-refractivity contribution in [3.05, 3.63) is 36.4 Å². The van der Waals surface area contributed by atoms with E-state index in [4.69, 9.17) is 0 Å². The Bertz CT molecular complexity index is 490. The third kappa shape index (κ3) is 2.80. The standard InChI is InChI=1S/C13H19N5/c1-13(2,10-4-5-15-7-10)8-16-12-6-11(14-3)17-9-18-12/h4-7,9,15H,8H2,1-3H3,(H2,14,16,17,18). The van der Waals surface area contributed by atoms with Gasteiger partial charge in [-0.15, -0.1) is 0 Å². The molecule has 2 heterocycles. The van der Waals surface area contributed by atoms with Crippen LogP contribution in [0.5, 0.6) is 0 Å². The van der Waals surface area contributed by atoms with Crippen molar-refractivity contribution in [2.75, 3.05) is 24.2 Å². The minimum atomic E-state index is 0.0464. The summed E-state index contributed by atoms with van der Waals surface area (Å²) in [4.78, 5) is 11.4. The Balaban J connectivity index is 2.02. The molecule has 0 aliphatic rings. The molecule has 0 aliphatic carbocycles. The van der Waals surface area contributed by atoms with Crippen LogP contribution in [-0.2, 0) is 5.41 Å². The van der Waals surface area contributed by atoms with Crippen LogP contribution in [0, 0.1) is 0 Å². The zero-order chi connectivity index (χ0) is 13.0. The lowest BCUT2D eigenvalue weighted by Crippen LogP contribution is -2.27. The van der Waals surface area contributed by atoms with E-state index in [-0.39, 0.29) is 5.41 Å². The third-order valence-corrected chi connectivity index (χ3v) is 3.01. The Labute approximate surface area is 107 Å². The highest BCUT2D eigenvalue weighted by molar-refractivity contribution is 5.46. The van der Waals surface area contributed by atoms with E-state index in [9.17, 15) is 0 Å². The highest BCUT2D eigenvalue weighted by Crippen LogP contribution is 2.23. The van der Waals surface area contributed by atoms with Gasteiger partial charge in [-0.2, -0.15) is 0 Å². The van der Waals surface area contributed by atoms with Crippen molar-refractivity contribution in [3.8, 4) is 0 Å². The number of hydrogen-bond acceptors (Lipinski definition) is 4. The van der Waals surface area contributed by atoms with Crippen LogP contribution in [-0.4, -0.2) is 28.5 Å². The summed E-state index contributed by atoms with van der Waals surface area (Å²) in [6, 6.07) is 3.99. The first-order chi connectivity index (χ1) is 8.62. The van der Waals surface area contributed by atoms with Crippen molar-refractivity contribution in [1.29, 1.82) is 0 Å². The van der Waals surface area contributed by atoms with Crippen molar-refractivity contribution < 1.29 is 0 Å². The van der Waals surface area contributed by atoms with Crippen molar-refractivity contribution in [1.82, 2.24) is 15.0 Å². The number of nitrogens with zero attached hydrogens (tertiary/aromatic N) is 2. The van der Waals surface area contributed by atoms with Gasteiger partial charge in [0.1, 0.15) is 18.0 Å². The maximum atomic E-state index is 4.20. The number of rotatable bonds is 5. The van der Waals surface area contributed by atoms with E-state index >= 15 is 0 Å². The zero-order valence-electron chi connectivity index (χ0n) is 11.0. The summed E-state index contributed by atoms with van der Waals surface area (Å²) in [7, 11) is 1.84. The van der Waals surface area contributed by atoms with E-state index in [2.05, 4.69) is 45.5 Å². The third-order valence-electron chi connectivity index (χ3n) is 3.01. The SMILES string of the molecule is CNc1cc(NCC(C)(C)c2cc[nH]c2)ncn1. The number of H-pyrrole nitrogens is 1. The second-order valence-corrected chi connectivity index (χ2v) is 4.88. The van der Waals surface area contributed by atoms with Crippen LogP contribution >= 0.6 is 0 Å². The lowest BCUT2D eigenvalue weighted by Gasteiger charge is -2.24. The number of nitrogens with one attached hydrogen (secondary N) is 3. The maximum Gasteiger partial charge on any atom is 0.131 e. The summed E-state index contributed by atoms with van der Waals surface area (Å²) in [5.41, 5.74) is 1.32. The van der Waals surface area contributed by atoms with Gasteiger partial charge in [-0.05, 0) is 11.6 Å². The quantitative estimate of drug-likeness (QED) is 0.756. The molecule has 2 aromatic rings. The van der Waals surface area contributed by atoms with E-state index in [0.29, 0.717) is 0 Å². The van der Waals surface area contributed by atoms with Gasteiger partial charge in [-0.1, -0.05) is 13.8 Å². The smallest absolute Gasteiger partial charge is 0.131 e. The first-order valence-electron chi connectivity index (χ1n) is 5.99. The molecule has 0 aromatic carbocycles. The Morgan fingerprint density at radius 2 is 2.06 bits per heavy atom. The molecule has 2 rings (SSSR count). The topological polar surface area (TPSA) is 65.6 Å². The monoisotopic (exact) mass is 245 g/mol. The van der Waals surface area contributed by atoms with Gasteiger partial charge in [0, 0.05) is 37.5 Å². The average Bonchev–Trinajstić information content (AvgIpc) is 2.91. The van der Waals surface area contributed by atoms with Crippen molar-refractivity contribution in [2.45, 2.75) is 19.3 Å². The van der Waals surface area contributed by atoms with Crippen LogP contribution in [0.3, 0.4) is 0 Å². The first-order valence-corrected chi connectivity index (χ1v) is 5.99. The predicted molar refractivity (Wildman–Crippen MR) is 73.9 cm³/mol. The second-order valence-electron chi connectivity index (χ2n) is 4.88. The van der Waals surface area contributed by atoms with Crippen LogP contribution in [0.1, 0.15) is 19.4 Å². The molecular formula is C13H19N5. The Morgan fingerprint density at radius 3 is 2.72 bits per heavy atom. The Morgan fingerprint density at radius 1 is 1.28 bits per heavy atom.